The van der Waals surface area contributed by atoms with E-state index in [2.05, 4.69) is 0 Å². The predicted molar refractivity (Wildman–Crippen MR) is 55.2 cm³/mol. The van der Waals surface area contributed by atoms with Crippen LogP contribution in [0.5, 0.6) is 0 Å². The lowest BCUT2D eigenvalue weighted by Crippen LogP contribution is -2.46. The van der Waals surface area contributed by atoms with E-state index in [1.807, 2.05) is 0 Å². The highest BCUT2D eigenvalue weighted by molar-refractivity contribution is 8.23. The molecule has 2 amide bonds. The van der Waals surface area contributed by atoms with Gasteiger partial charge >= 0.3 is 0 Å². The van der Waals surface area contributed by atoms with Gasteiger partial charge in [-0.2, -0.15) is 0 Å². The lowest BCUT2D eigenvalue weighted by molar-refractivity contribution is -0.132. The van der Waals surface area contributed by atoms with Crippen molar-refractivity contribution in [2.75, 3.05) is 5.75 Å². The molecule has 0 aromatic heterocycles. The second kappa shape index (κ2) is 4.06. The number of carbonyl (C=O) groups excluding carboxylic acids is 2. The van der Waals surface area contributed by atoms with Crippen molar-refractivity contribution in [2.24, 2.45) is 5.73 Å². The molecule has 1 aliphatic heterocycles. The molecule has 72 valence electrons. The number of nitrogens with zero attached hydrogens (tertiary/aromatic N) is 1. The normalized spacial score (nSPS) is 19.3. The van der Waals surface area contributed by atoms with Crippen molar-refractivity contribution in [3.8, 4) is 0 Å². The summed E-state index contributed by atoms with van der Waals surface area (Å²) in [6.07, 6.45) is 0.502. The Hall–Kier alpha value is -0.620. The van der Waals surface area contributed by atoms with E-state index >= 15 is 0 Å². The molecule has 0 spiro atoms. The number of thiocarbonyl (C=S) groups is 1. The Balaban J connectivity index is 2.84. The smallest absolute Gasteiger partial charge is 0.240 e. The molecule has 1 aliphatic rings. The van der Waals surface area contributed by atoms with E-state index in [-0.39, 0.29) is 5.91 Å². The van der Waals surface area contributed by atoms with Crippen LogP contribution in [0.25, 0.3) is 0 Å². The Morgan fingerprint density at radius 1 is 1.85 bits per heavy atom. The van der Waals surface area contributed by atoms with Crippen molar-refractivity contribution in [1.82, 2.24) is 4.90 Å². The third-order valence-corrected chi connectivity index (χ3v) is 3.20. The maximum atomic E-state index is 11.3. The predicted octanol–water partition coefficient (Wildman–Crippen LogP) is 0.111. The Bertz CT molecular complexity index is 251. The van der Waals surface area contributed by atoms with Crippen LogP contribution in [0.2, 0.25) is 0 Å². The van der Waals surface area contributed by atoms with Crippen LogP contribution < -0.4 is 5.73 Å². The minimum atomic E-state index is -0.574. The van der Waals surface area contributed by atoms with Gasteiger partial charge in [-0.3, -0.25) is 14.5 Å². The van der Waals surface area contributed by atoms with Gasteiger partial charge in [-0.25, -0.2) is 0 Å². The monoisotopic (exact) mass is 218 g/mol. The van der Waals surface area contributed by atoms with Gasteiger partial charge in [0.15, 0.2) is 0 Å². The van der Waals surface area contributed by atoms with E-state index in [9.17, 15) is 9.59 Å². The highest BCUT2D eigenvalue weighted by atomic mass is 32.2. The zero-order valence-electron chi connectivity index (χ0n) is 7.15. The molecule has 1 unspecified atom stereocenters. The van der Waals surface area contributed by atoms with E-state index in [1.165, 1.54) is 16.7 Å². The highest BCUT2D eigenvalue weighted by Crippen LogP contribution is 2.22. The van der Waals surface area contributed by atoms with Crippen LogP contribution in [0, 0.1) is 0 Å². The van der Waals surface area contributed by atoms with Gasteiger partial charge in [0.2, 0.25) is 11.8 Å². The number of primary amides is 1. The molecule has 1 saturated heterocycles. The number of hydrogen-bond donors (Lipinski definition) is 1. The number of rotatable bonds is 3. The lowest BCUT2D eigenvalue weighted by atomic mass is 10.2. The first kappa shape index (κ1) is 10.5. The van der Waals surface area contributed by atoms with Crippen LogP contribution >= 0.6 is 24.0 Å². The lowest BCUT2D eigenvalue weighted by Gasteiger charge is -2.22. The third kappa shape index (κ3) is 2.00. The van der Waals surface area contributed by atoms with Gasteiger partial charge in [0.05, 0.1) is 5.75 Å². The van der Waals surface area contributed by atoms with Crippen LogP contribution in [-0.2, 0) is 9.59 Å². The zero-order valence-corrected chi connectivity index (χ0v) is 8.78. The second-order valence-corrected chi connectivity index (χ2v) is 4.25. The summed E-state index contributed by atoms with van der Waals surface area (Å²) in [5.41, 5.74) is 5.15. The van der Waals surface area contributed by atoms with E-state index in [0.29, 0.717) is 16.5 Å². The van der Waals surface area contributed by atoms with Crippen LogP contribution in [0.15, 0.2) is 0 Å². The largest absolute Gasteiger partial charge is 0.368 e. The summed E-state index contributed by atoms with van der Waals surface area (Å²) < 4.78 is 0.454. The topological polar surface area (TPSA) is 63.4 Å². The third-order valence-electron chi connectivity index (χ3n) is 1.81. The first-order chi connectivity index (χ1) is 6.07. The molecule has 0 bridgehead atoms. The molecule has 0 aromatic carbocycles. The van der Waals surface area contributed by atoms with Crippen molar-refractivity contribution in [2.45, 2.75) is 19.4 Å². The number of carbonyl (C=O) groups is 2. The van der Waals surface area contributed by atoms with Gasteiger partial charge in [-0.05, 0) is 6.42 Å². The summed E-state index contributed by atoms with van der Waals surface area (Å²) in [4.78, 5) is 23.6. The molecule has 0 aromatic rings. The maximum absolute atomic E-state index is 11.3. The molecule has 6 heteroatoms. The minimum absolute atomic E-state index is 0.124. The quantitative estimate of drug-likeness (QED) is 0.683. The van der Waals surface area contributed by atoms with Crippen LogP contribution in [0.3, 0.4) is 0 Å². The molecule has 0 radical (unpaired) electrons. The highest BCUT2D eigenvalue weighted by Gasteiger charge is 2.34. The van der Waals surface area contributed by atoms with Crippen molar-refractivity contribution in [3.63, 3.8) is 0 Å². The van der Waals surface area contributed by atoms with E-state index in [1.54, 1.807) is 6.92 Å². The summed E-state index contributed by atoms with van der Waals surface area (Å²) in [5, 5.41) is 0. The van der Waals surface area contributed by atoms with Crippen LogP contribution in [0.4, 0.5) is 0 Å². The summed E-state index contributed by atoms with van der Waals surface area (Å²) in [6.45, 7) is 1.80. The standard InChI is InChI=1S/C7H10N2O2S2/c1-2-4(6(8)11)9-5(10)3-13-7(9)12/h4H,2-3H2,1H3,(H2,8,11). The minimum Gasteiger partial charge on any atom is -0.368 e. The maximum Gasteiger partial charge on any atom is 0.240 e. The Kier molecular flexibility index (Phi) is 3.27. The number of thioether (sulfide) groups is 1. The first-order valence-corrected chi connectivity index (χ1v) is 5.25. The first-order valence-electron chi connectivity index (χ1n) is 3.86. The number of nitrogens with two attached hydrogens (primary N) is 1. The molecule has 1 heterocycles. The van der Waals surface area contributed by atoms with Crippen molar-refractivity contribution >= 4 is 40.1 Å². The molecule has 1 fully saturated rings. The van der Waals surface area contributed by atoms with Crippen molar-refractivity contribution < 1.29 is 9.59 Å². The van der Waals surface area contributed by atoms with Gasteiger partial charge in [0.25, 0.3) is 0 Å². The fraction of sp³-hybridized carbons (Fsp3) is 0.571. The molecule has 4 nitrogen and oxygen atoms in total. The van der Waals surface area contributed by atoms with Crippen molar-refractivity contribution in [1.29, 1.82) is 0 Å². The molecule has 0 saturated carbocycles. The molecule has 0 aliphatic carbocycles. The Morgan fingerprint density at radius 3 is 2.77 bits per heavy atom. The van der Waals surface area contributed by atoms with E-state index in [0.717, 1.165) is 0 Å². The summed E-state index contributed by atoms with van der Waals surface area (Å²) in [6, 6.07) is -0.574. The number of amides is 2. The summed E-state index contributed by atoms with van der Waals surface area (Å²) >= 11 is 6.21. The van der Waals surface area contributed by atoms with Gasteiger partial charge in [0, 0.05) is 0 Å². The van der Waals surface area contributed by atoms with Crippen LogP contribution in [-0.4, -0.2) is 32.8 Å². The molecular formula is C7H10N2O2S2. The van der Waals surface area contributed by atoms with Crippen molar-refractivity contribution in [3.05, 3.63) is 0 Å². The summed E-state index contributed by atoms with van der Waals surface area (Å²) in [7, 11) is 0. The summed E-state index contributed by atoms with van der Waals surface area (Å²) in [5.74, 6) is -0.302. The van der Waals surface area contributed by atoms with E-state index in [4.69, 9.17) is 18.0 Å². The fourth-order valence-electron chi connectivity index (χ4n) is 1.18. The average molecular weight is 218 g/mol. The van der Waals surface area contributed by atoms with Gasteiger partial charge in [0.1, 0.15) is 10.4 Å². The van der Waals surface area contributed by atoms with Gasteiger partial charge in [-0.1, -0.05) is 30.9 Å². The Labute approximate surface area is 85.8 Å². The molecular weight excluding hydrogens is 208 g/mol. The molecule has 1 atom stereocenters. The molecule has 1 rings (SSSR count). The SMILES string of the molecule is CCC(C(N)=O)N1C(=O)CSC1=S. The van der Waals surface area contributed by atoms with Crippen LogP contribution in [0.1, 0.15) is 13.3 Å². The van der Waals surface area contributed by atoms with Gasteiger partial charge < -0.3 is 5.73 Å². The Morgan fingerprint density at radius 2 is 2.46 bits per heavy atom. The molecule has 2 N–H and O–H groups in total. The number of hydrogen-bond acceptors (Lipinski definition) is 4. The molecule has 13 heavy (non-hydrogen) atoms. The average Bonchev–Trinajstić information content (AvgIpc) is 2.36. The van der Waals surface area contributed by atoms with E-state index < -0.39 is 11.9 Å². The fourth-order valence-corrected chi connectivity index (χ4v) is 2.34. The second-order valence-electron chi connectivity index (χ2n) is 2.64. The van der Waals surface area contributed by atoms with Gasteiger partial charge in [-0.15, -0.1) is 0 Å². The zero-order chi connectivity index (χ0) is 10.0.